The van der Waals surface area contributed by atoms with Crippen LogP contribution in [0.3, 0.4) is 0 Å². The molecule has 8 nitrogen and oxygen atoms in total. The van der Waals surface area contributed by atoms with Crippen molar-refractivity contribution in [2.24, 2.45) is 11.7 Å². The van der Waals surface area contributed by atoms with Crippen molar-refractivity contribution in [1.82, 2.24) is 9.55 Å². The van der Waals surface area contributed by atoms with E-state index in [2.05, 4.69) is 4.98 Å². The summed E-state index contributed by atoms with van der Waals surface area (Å²) < 4.78 is 1.18. The van der Waals surface area contributed by atoms with Crippen molar-refractivity contribution in [2.45, 2.75) is 24.7 Å². The Labute approximate surface area is 102 Å². The highest BCUT2D eigenvalue weighted by molar-refractivity contribution is 5.93. The summed E-state index contributed by atoms with van der Waals surface area (Å²) in [4.78, 5) is 14.6. The Morgan fingerprint density at radius 3 is 2.61 bits per heavy atom. The number of imidazole rings is 1. The topological polar surface area (TPSA) is 142 Å². The zero-order valence-electron chi connectivity index (χ0n) is 9.47. The maximum absolute atomic E-state index is 11.0. The van der Waals surface area contributed by atoms with E-state index in [1.807, 2.05) is 0 Å². The van der Waals surface area contributed by atoms with Gasteiger partial charge in [-0.25, -0.2) is 4.98 Å². The number of carbonyl (C=O) groups is 1. The maximum atomic E-state index is 11.0. The number of nitrogens with zero attached hydrogens (tertiary/aromatic N) is 2. The quantitative estimate of drug-likeness (QED) is 0.422. The van der Waals surface area contributed by atoms with Crippen LogP contribution >= 0.6 is 0 Å². The van der Waals surface area contributed by atoms with Crippen LogP contribution in [0.15, 0.2) is 6.33 Å². The van der Waals surface area contributed by atoms with Crippen molar-refractivity contribution >= 4 is 5.91 Å². The molecule has 1 aliphatic carbocycles. The number of hydrogen-bond donors (Lipinski definition) is 5. The Balaban J connectivity index is 2.30. The average Bonchev–Trinajstić information content (AvgIpc) is 2.82. The largest absolute Gasteiger partial charge is 0.493 e. The molecule has 1 fully saturated rings. The summed E-state index contributed by atoms with van der Waals surface area (Å²) in [5, 5.41) is 38.3. The number of aliphatic hydroxyl groups is 3. The number of rotatable bonds is 3. The molecule has 1 heterocycles. The summed E-state index contributed by atoms with van der Waals surface area (Å²) in [6.07, 6.45) is -0.793. The first-order valence-electron chi connectivity index (χ1n) is 5.50. The molecule has 4 atom stereocenters. The van der Waals surface area contributed by atoms with Gasteiger partial charge in [-0.15, -0.1) is 0 Å². The van der Waals surface area contributed by atoms with Gasteiger partial charge in [-0.1, -0.05) is 0 Å². The van der Waals surface area contributed by atoms with Crippen LogP contribution in [0.1, 0.15) is 23.0 Å². The van der Waals surface area contributed by atoms with E-state index < -0.39 is 36.0 Å². The molecule has 1 aromatic heterocycles. The van der Waals surface area contributed by atoms with Gasteiger partial charge in [0.15, 0.2) is 5.69 Å². The molecule has 0 radical (unpaired) electrons. The number of aliphatic hydroxyl groups excluding tert-OH is 3. The SMILES string of the molecule is NC(=O)c1ncn(C2CC(CO)C(O)C2O)c1O. The molecule has 18 heavy (non-hydrogen) atoms. The summed E-state index contributed by atoms with van der Waals surface area (Å²) in [6.45, 7) is -0.271. The lowest BCUT2D eigenvalue weighted by Crippen LogP contribution is -2.30. The molecular formula is C10H15N3O5. The molecule has 1 amide bonds. The van der Waals surface area contributed by atoms with Crippen LogP contribution in [0.2, 0.25) is 0 Å². The van der Waals surface area contributed by atoms with Crippen molar-refractivity contribution < 1.29 is 25.2 Å². The number of aromatic nitrogens is 2. The molecule has 0 bridgehead atoms. The van der Waals surface area contributed by atoms with Crippen LogP contribution in [0.4, 0.5) is 0 Å². The minimum absolute atomic E-state index is 0.265. The van der Waals surface area contributed by atoms with Crippen LogP contribution in [-0.4, -0.2) is 54.7 Å². The lowest BCUT2D eigenvalue weighted by molar-refractivity contribution is -0.00469. The number of amides is 1. The monoisotopic (exact) mass is 257 g/mol. The lowest BCUT2D eigenvalue weighted by atomic mass is 10.1. The Kier molecular flexibility index (Phi) is 3.24. The number of hydrogen-bond acceptors (Lipinski definition) is 6. The van der Waals surface area contributed by atoms with Crippen molar-refractivity contribution in [3.8, 4) is 5.88 Å². The second kappa shape index (κ2) is 4.56. The first-order chi connectivity index (χ1) is 8.47. The molecule has 0 aliphatic heterocycles. The normalized spacial score (nSPS) is 31.7. The van der Waals surface area contributed by atoms with Gasteiger partial charge in [-0.3, -0.25) is 9.36 Å². The van der Waals surface area contributed by atoms with Crippen molar-refractivity contribution in [1.29, 1.82) is 0 Å². The lowest BCUT2D eigenvalue weighted by Gasteiger charge is -2.18. The molecule has 0 aromatic carbocycles. The predicted molar refractivity (Wildman–Crippen MR) is 58.7 cm³/mol. The molecule has 6 N–H and O–H groups in total. The van der Waals surface area contributed by atoms with Gasteiger partial charge in [0.05, 0.1) is 18.5 Å². The van der Waals surface area contributed by atoms with Crippen molar-refractivity contribution in [2.75, 3.05) is 6.61 Å². The molecule has 1 aliphatic rings. The summed E-state index contributed by atoms with van der Waals surface area (Å²) in [7, 11) is 0. The summed E-state index contributed by atoms with van der Waals surface area (Å²) in [5.41, 5.74) is 4.73. The third kappa shape index (κ3) is 1.84. The fourth-order valence-corrected chi connectivity index (χ4v) is 2.33. The van der Waals surface area contributed by atoms with Crippen LogP contribution in [0.5, 0.6) is 5.88 Å². The van der Waals surface area contributed by atoms with E-state index in [0.29, 0.717) is 0 Å². The van der Waals surface area contributed by atoms with E-state index in [1.165, 1.54) is 10.9 Å². The smallest absolute Gasteiger partial charge is 0.272 e. The van der Waals surface area contributed by atoms with E-state index in [1.54, 1.807) is 0 Å². The number of aromatic hydroxyl groups is 1. The fourth-order valence-electron chi connectivity index (χ4n) is 2.33. The maximum Gasteiger partial charge on any atom is 0.272 e. The van der Waals surface area contributed by atoms with Gasteiger partial charge in [0, 0.05) is 12.5 Å². The summed E-state index contributed by atoms with van der Waals surface area (Å²) in [5.74, 6) is -1.81. The third-order valence-corrected chi connectivity index (χ3v) is 3.36. The molecule has 2 rings (SSSR count). The van der Waals surface area contributed by atoms with Gasteiger partial charge in [0.1, 0.15) is 6.10 Å². The number of carbonyl (C=O) groups excluding carboxylic acids is 1. The molecule has 8 heteroatoms. The minimum Gasteiger partial charge on any atom is -0.493 e. The zero-order chi connectivity index (χ0) is 13.4. The van der Waals surface area contributed by atoms with E-state index >= 15 is 0 Å². The van der Waals surface area contributed by atoms with Gasteiger partial charge in [-0.2, -0.15) is 0 Å². The highest BCUT2D eigenvalue weighted by Gasteiger charge is 2.43. The van der Waals surface area contributed by atoms with Crippen LogP contribution in [0, 0.1) is 5.92 Å². The van der Waals surface area contributed by atoms with Crippen molar-refractivity contribution in [3.05, 3.63) is 12.0 Å². The standard InChI is InChI=1S/C10H15N3O5/c11-9(17)6-10(18)13(3-12-6)5-1-4(2-14)7(15)8(5)16/h3-5,7-8,14-16,18H,1-2H2,(H2,11,17). The molecule has 4 unspecified atom stereocenters. The molecule has 0 spiro atoms. The molecular weight excluding hydrogens is 242 g/mol. The summed E-state index contributed by atoms with van der Waals surface area (Å²) in [6, 6.07) is -0.655. The van der Waals surface area contributed by atoms with Gasteiger partial charge in [0.25, 0.3) is 5.91 Å². The van der Waals surface area contributed by atoms with E-state index in [9.17, 15) is 20.1 Å². The zero-order valence-corrected chi connectivity index (χ0v) is 9.47. The summed E-state index contributed by atoms with van der Waals surface area (Å²) >= 11 is 0. The van der Waals surface area contributed by atoms with Crippen LogP contribution in [-0.2, 0) is 0 Å². The highest BCUT2D eigenvalue weighted by Crippen LogP contribution is 2.37. The van der Waals surface area contributed by atoms with Crippen molar-refractivity contribution in [3.63, 3.8) is 0 Å². The van der Waals surface area contributed by atoms with Crippen LogP contribution < -0.4 is 5.73 Å². The second-order valence-corrected chi connectivity index (χ2v) is 4.42. The Hall–Kier alpha value is -1.64. The molecule has 1 saturated carbocycles. The first-order valence-corrected chi connectivity index (χ1v) is 5.50. The van der Waals surface area contributed by atoms with Gasteiger partial charge < -0.3 is 26.2 Å². The van der Waals surface area contributed by atoms with Gasteiger partial charge in [0.2, 0.25) is 5.88 Å². The van der Waals surface area contributed by atoms with E-state index in [-0.39, 0.29) is 18.7 Å². The predicted octanol–water partition coefficient (Wildman–Crippen LogP) is -2.04. The van der Waals surface area contributed by atoms with Gasteiger partial charge >= 0.3 is 0 Å². The Morgan fingerprint density at radius 1 is 1.50 bits per heavy atom. The average molecular weight is 257 g/mol. The second-order valence-electron chi connectivity index (χ2n) is 4.42. The van der Waals surface area contributed by atoms with E-state index in [4.69, 9.17) is 10.8 Å². The minimum atomic E-state index is -1.15. The van der Waals surface area contributed by atoms with Crippen LogP contribution in [0.25, 0.3) is 0 Å². The van der Waals surface area contributed by atoms with Gasteiger partial charge in [-0.05, 0) is 6.42 Å². The number of primary amides is 1. The van der Waals surface area contributed by atoms with E-state index in [0.717, 1.165) is 0 Å². The molecule has 1 aromatic rings. The molecule has 100 valence electrons. The third-order valence-electron chi connectivity index (χ3n) is 3.36. The first kappa shape index (κ1) is 12.8. The number of nitrogens with two attached hydrogens (primary N) is 1. The highest BCUT2D eigenvalue weighted by atomic mass is 16.3. The molecule has 0 saturated heterocycles. The fraction of sp³-hybridized carbons (Fsp3) is 0.600. The Morgan fingerprint density at radius 2 is 2.17 bits per heavy atom. The Bertz CT molecular complexity index is 460.